The number of aliphatic carboxylic acids is 1. The molecule has 2 aromatic carbocycles. The maximum absolute atomic E-state index is 13.4. The molecule has 0 aliphatic heterocycles. The van der Waals surface area contributed by atoms with Crippen LogP contribution in [-0.2, 0) is 36.7 Å². The summed E-state index contributed by atoms with van der Waals surface area (Å²) in [5.74, 6) is -4.96. The summed E-state index contributed by atoms with van der Waals surface area (Å²) < 4.78 is 51.6. The number of benzene rings is 2. The number of hydrogen-bond donors (Lipinski definition) is 3. The van der Waals surface area contributed by atoms with Crippen molar-refractivity contribution in [2.24, 2.45) is 5.92 Å². The average Bonchev–Trinajstić information content (AvgIpc) is 3.48. The van der Waals surface area contributed by atoms with Crippen LogP contribution in [0, 0.1) is 5.92 Å². The molecule has 258 valence electrons. The first-order valence-corrected chi connectivity index (χ1v) is 14.7. The van der Waals surface area contributed by atoms with E-state index in [1.54, 1.807) is 62.4 Å². The Morgan fingerprint density at radius 2 is 1.54 bits per heavy atom. The van der Waals surface area contributed by atoms with Gasteiger partial charge in [-0.25, -0.2) is 9.48 Å². The molecule has 3 atom stereocenters. The molecule has 0 spiro atoms. The Morgan fingerprint density at radius 1 is 0.938 bits per heavy atom. The zero-order valence-electron chi connectivity index (χ0n) is 26.6. The van der Waals surface area contributed by atoms with Crippen molar-refractivity contribution in [3.8, 4) is 11.6 Å². The summed E-state index contributed by atoms with van der Waals surface area (Å²) in [6.45, 7) is 3.70. The number of ether oxygens (including phenoxy) is 2. The topological polar surface area (TPSA) is 169 Å². The number of amides is 3. The summed E-state index contributed by atoms with van der Waals surface area (Å²) in [5.41, 5.74) is -0.354. The van der Waals surface area contributed by atoms with Crippen LogP contribution in [0.5, 0.6) is 5.88 Å². The number of nitrogens with zero attached hydrogens (tertiary/aromatic N) is 3. The Balaban J connectivity index is 1.66. The Hall–Kier alpha value is -5.41. The minimum atomic E-state index is -4.83. The fourth-order valence-electron chi connectivity index (χ4n) is 4.55. The second-order valence-electron chi connectivity index (χ2n) is 11.1. The fourth-order valence-corrected chi connectivity index (χ4v) is 4.55. The largest absolute Gasteiger partial charge is 0.481 e. The zero-order valence-corrected chi connectivity index (χ0v) is 26.6. The predicted octanol–water partition coefficient (Wildman–Crippen LogP) is 3.60. The molecule has 0 unspecified atom stereocenters. The number of halogens is 3. The number of para-hydroxylation sites is 1. The van der Waals surface area contributed by atoms with Gasteiger partial charge in [0.05, 0.1) is 12.1 Å². The molecular weight excluding hydrogens is 639 g/mol. The van der Waals surface area contributed by atoms with Crippen LogP contribution in [0.4, 0.5) is 18.0 Å². The maximum Gasteiger partial charge on any atom is 0.435 e. The summed E-state index contributed by atoms with van der Waals surface area (Å²) in [4.78, 5) is 64.5. The van der Waals surface area contributed by atoms with E-state index in [4.69, 9.17) is 9.47 Å². The molecule has 3 amide bonds. The van der Waals surface area contributed by atoms with Gasteiger partial charge in [0.2, 0.25) is 17.7 Å². The van der Waals surface area contributed by atoms with Crippen LogP contribution < -0.4 is 15.4 Å². The normalized spacial score (nSPS) is 13.2. The van der Waals surface area contributed by atoms with Crippen LogP contribution in [-0.4, -0.2) is 81.2 Å². The van der Waals surface area contributed by atoms with Crippen molar-refractivity contribution in [3.05, 3.63) is 78.0 Å². The first-order chi connectivity index (χ1) is 22.6. The number of ketones is 1. The van der Waals surface area contributed by atoms with Gasteiger partial charge in [-0.3, -0.25) is 24.1 Å². The second-order valence-corrected chi connectivity index (χ2v) is 11.1. The van der Waals surface area contributed by atoms with E-state index in [2.05, 4.69) is 15.7 Å². The first kappa shape index (κ1) is 37.1. The van der Waals surface area contributed by atoms with Gasteiger partial charge in [-0.15, -0.1) is 0 Å². The molecule has 1 aromatic heterocycles. The first-order valence-electron chi connectivity index (χ1n) is 14.7. The molecule has 0 bridgehead atoms. The molecule has 13 nitrogen and oxygen atoms in total. The maximum atomic E-state index is 13.4. The van der Waals surface area contributed by atoms with E-state index < -0.39 is 84.5 Å². The molecule has 0 saturated carbocycles. The van der Waals surface area contributed by atoms with Gasteiger partial charge in [0, 0.05) is 13.1 Å². The Kier molecular flexibility index (Phi) is 12.7. The SMILES string of the molecule is CC(C)[C@@H](C(=O)N[C@@H](C)C(=O)N[C@@H](CC(=O)O)C(=O)COc1cc(C(F)(F)F)nn1-c1ccccc1)N(C)C(=O)OCc1ccccc1. The van der Waals surface area contributed by atoms with E-state index >= 15 is 0 Å². The molecule has 0 aliphatic carbocycles. The van der Waals surface area contributed by atoms with Gasteiger partial charge in [-0.05, 0) is 30.5 Å². The highest BCUT2D eigenvalue weighted by atomic mass is 19.4. The van der Waals surface area contributed by atoms with Crippen molar-refractivity contribution in [2.75, 3.05) is 13.7 Å². The highest BCUT2D eigenvalue weighted by molar-refractivity contribution is 5.96. The number of alkyl halides is 3. The molecule has 3 N–H and O–H groups in total. The summed E-state index contributed by atoms with van der Waals surface area (Å²) in [7, 11) is 1.37. The van der Waals surface area contributed by atoms with Crippen molar-refractivity contribution in [3.63, 3.8) is 0 Å². The number of likely N-dealkylation sites (N-methyl/N-ethyl adjacent to an activating group) is 1. The van der Waals surface area contributed by atoms with Gasteiger partial charge < -0.3 is 25.2 Å². The van der Waals surface area contributed by atoms with Crippen molar-refractivity contribution in [1.82, 2.24) is 25.3 Å². The van der Waals surface area contributed by atoms with Gasteiger partial charge in [-0.2, -0.15) is 18.3 Å². The quantitative estimate of drug-likeness (QED) is 0.218. The molecule has 3 rings (SSSR count). The van der Waals surface area contributed by atoms with E-state index in [9.17, 15) is 42.3 Å². The Morgan fingerprint density at radius 3 is 2.10 bits per heavy atom. The standard InChI is InChI=1S/C32H36F3N5O8/c1-19(2)28(39(4)31(46)48-17-21-11-7-5-8-12-21)30(45)36-20(3)29(44)37-23(15-27(42)43)24(41)18-47-26-16-25(32(33,34)35)38-40(26)22-13-9-6-10-14-22/h5-14,16,19-20,23,28H,15,17-18H2,1-4H3,(H,36,45)(H,37,44)(H,42,43)/t20-,23-,28-/m0/s1. The van der Waals surface area contributed by atoms with E-state index in [-0.39, 0.29) is 12.3 Å². The number of hydrogen-bond acceptors (Lipinski definition) is 8. The average molecular weight is 676 g/mol. The van der Waals surface area contributed by atoms with Gasteiger partial charge in [-0.1, -0.05) is 62.4 Å². The van der Waals surface area contributed by atoms with E-state index in [0.29, 0.717) is 6.07 Å². The van der Waals surface area contributed by atoms with E-state index in [1.807, 2.05) is 0 Å². The van der Waals surface area contributed by atoms with Crippen LogP contribution >= 0.6 is 0 Å². The highest BCUT2D eigenvalue weighted by Crippen LogP contribution is 2.32. The monoisotopic (exact) mass is 675 g/mol. The number of Topliss-reactive ketones (excluding diaryl/α,β-unsaturated/α-hetero) is 1. The van der Waals surface area contributed by atoms with E-state index in [1.165, 1.54) is 26.1 Å². The minimum Gasteiger partial charge on any atom is -0.481 e. The van der Waals surface area contributed by atoms with Crippen LogP contribution in [0.3, 0.4) is 0 Å². The molecule has 48 heavy (non-hydrogen) atoms. The van der Waals surface area contributed by atoms with Gasteiger partial charge >= 0.3 is 18.2 Å². The number of carboxylic acid groups (broad SMARTS) is 1. The third-order valence-electron chi connectivity index (χ3n) is 6.98. The number of carbonyl (C=O) groups excluding carboxylic acids is 4. The highest BCUT2D eigenvalue weighted by Gasteiger charge is 2.36. The number of aromatic nitrogens is 2. The van der Waals surface area contributed by atoms with Gasteiger partial charge in [0.1, 0.15) is 24.7 Å². The number of carbonyl (C=O) groups is 5. The lowest BCUT2D eigenvalue weighted by Gasteiger charge is -2.30. The van der Waals surface area contributed by atoms with Crippen LogP contribution in [0.1, 0.15) is 38.4 Å². The third kappa shape index (κ3) is 10.3. The van der Waals surface area contributed by atoms with Crippen LogP contribution in [0.2, 0.25) is 0 Å². The van der Waals surface area contributed by atoms with Gasteiger partial charge in [0.15, 0.2) is 18.1 Å². The summed E-state index contributed by atoms with van der Waals surface area (Å²) in [6, 6.07) is 13.1. The lowest BCUT2D eigenvalue weighted by Crippen LogP contribution is -2.56. The summed E-state index contributed by atoms with van der Waals surface area (Å²) in [6.07, 6.45) is -6.49. The molecule has 0 saturated heterocycles. The lowest BCUT2D eigenvalue weighted by atomic mass is 10.0. The number of nitrogens with one attached hydrogen (secondary N) is 2. The van der Waals surface area contributed by atoms with Crippen molar-refractivity contribution in [2.45, 2.75) is 58.1 Å². The molecule has 0 fully saturated rings. The molecule has 0 radical (unpaired) electrons. The predicted molar refractivity (Wildman–Crippen MR) is 164 cm³/mol. The Labute approximate surface area is 274 Å². The lowest BCUT2D eigenvalue weighted by molar-refractivity contribution is -0.142. The van der Waals surface area contributed by atoms with Crippen LogP contribution in [0.15, 0.2) is 66.7 Å². The fraction of sp³-hybridized carbons (Fsp3) is 0.375. The van der Waals surface area contributed by atoms with E-state index in [0.717, 1.165) is 15.1 Å². The molecule has 3 aromatic rings. The van der Waals surface area contributed by atoms with Crippen LogP contribution in [0.25, 0.3) is 5.69 Å². The molecule has 16 heteroatoms. The Bertz CT molecular complexity index is 1580. The third-order valence-corrected chi connectivity index (χ3v) is 6.98. The second kappa shape index (κ2) is 16.4. The van der Waals surface area contributed by atoms with Crippen molar-refractivity contribution < 1.29 is 51.7 Å². The molecule has 0 aliphatic rings. The zero-order chi connectivity index (χ0) is 35.6. The summed E-state index contributed by atoms with van der Waals surface area (Å²) in [5, 5.41) is 17.6. The smallest absolute Gasteiger partial charge is 0.435 e. The number of rotatable bonds is 15. The molecule has 1 heterocycles. The van der Waals surface area contributed by atoms with Gasteiger partial charge in [0.25, 0.3) is 0 Å². The number of carboxylic acids is 1. The summed E-state index contributed by atoms with van der Waals surface area (Å²) >= 11 is 0. The minimum absolute atomic E-state index is 0.0317. The van der Waals surface area contributed by atoms with Crippen molar-refractivity contribution >= 4 is 29.7 Å². The molecular formula is C32H36F3N5O8. The van der Waals surface area contributed by atoms with Crippen molar-refractivity contribution in [1.29, 1.82) is 0 Å².